The van der Waals surface area contributed by atoms with Crippen molar-refractivity contribution in [2.45, 2.75) is 0 Å². The summed E-state index contributed by atoms with van der Waals surface area (Å²) in [7, 11) is 0. The Morgan fingerprint density at radius 3 is 2.59 bits per heavy atom. The Kier molecular flexibility index (Phi) is 3.39. The van der Waals surface area contributed by atoms with Gasteiger partial charge in [-0.3, -0.25) is 0 Å². The molecule has 86 valence electrons. The summed E-state index contributed by atoms with van der Waals surface area (Å²) in [5.74, 6) is -0.994. The Labute approximate surface area is 106 Å². The second kappa shape index (κ2) is 4.97. The number of carboxylic acids is 1. The number of aromatic carboxylic acids is 1. The fourth-order valence-corrected chi connectivity index (χ4v) is 1.83. The SMILES string of the molecule is O=C(O)c1ccnc(Br)c1Nc1ccccc1. The molecule has 17 heavy (non-hydrogen) atoms. The number of para-hydroxylation sites is 1. The van der Waals surface area contributed by atoms with Crippen molar-refractivity contribution in [2.24, 2.45) is 0 Å². The Morgan fingerprint density at radius 2 is 1.94 bits per heavy atom. The summed E-state index contributed by atoms with van der Waals surface area (Å²) >= 11 is 3.24. The van der Waals surface area contributed by atoms with Gasteiger partial charge in [0, 0.05) is 11.9 Å². The average Bonchev–Trinajstić information content (AvgIpc) is 2.33. The highest BCUT2D eigenvalue weighted by molar-refractivity contribution is 9.10. The van der Waals surface area contributed by atoms with Crippen LogP contribution >= 0.6 is 15.9 Å². The van der Waals surface area contributed by atoms with Crippen LogP contribution in [-0.2, 0) is 0 Å². The molecule has 4 nitrogen and oxygen atoms in total. The maximum Gasteiger partial charge on any atom is 0.337 e. The van der Waals surface area contributed by atoms with Crippen LogP contribution in [0.25, 0.3) is 0 Å². The van der Waals surface area contributed by atoms with Crippen LogP contribution in [0.5, 0.6) is 0 Å². The zero-order valence-electron chi connectivity index (χ0n) is 8.72. The van der Waals surface area contributed by atoms with Gasteiger partial charge in [-0.25, -0.2) is 9.78 Å². The summed E-state index contributed by atoms with van der Waals surface area (Å²) in [5.41, 5.74) is 1.44. The molecule has 1 aromatic heterocycles. The van der Waals surface area contributed by atoms with Gasteiger partial charge in [0.25, 0.3) is 0 Å². The van der Waals surface area contributed by atoms with E-state index in [0.29, 0.717) is 10.3 Å². The van der Waals surface area contributed by atoms with Crippen molar-refractivity contribution in [3.05, 3.63) is 52.8 Å². The highest BCUT2D eigenvalue weighted by Gasteiger charge is 2.13. The summed E-state index contributed by atoms with van der Waals surface area (Å²) in [6.45, 7) is 0. The monoisotopic (exact) mass is 292 g/mol. The van der Waals surface area contributed by atoms with Gasteiger partial charge in [0.15, 0.2) is 0 Å². The van der Waals surface area contributed by atoms with Crippen LogP contribution in [0.4, 0.5) is 11.4 Å². The van der Waals surface area contributed by atoms with E-state index >= 15 is 0 Å². The summed E-state index contributed by atoms with van der Waals surface area (Å²) in [5, 5.41) is 12.1. The molecule has 0 atom stereocenters. The Bertz CT molecular complexity index is 543. The topological polar surface area (TPSA) is 62.2 Å². The minimum Gasteiger partial charge on any atom is -0.478 e. The minimum absolute atomic E-state index is 0.177. The second-order valence-corrected chi connectivity index (χ2v) is 4.07. The van der Waals surface area contributed by atoms with Gasteiger partial charge in [-0.1, -0.05) is 18.2 Å². The van der Waals surface area contributed by atoms with Crippen molar-refractivity contribution in [2.75, 3.05) is 5.32 Å². The van der Waals surface area contributed by atoms with Gasteiger partial charge in [-0.05, 0) is 34.1 Å². The molecule has 5 heteroatoms. The Balaban J connectivity index is 2.41. The zero-order valence-corrected chi connectivity index (χ0v) is 10.3. The third-order valence-electron chi connectivity index (χ3n) is 2.18. The number of carbonyl (C=O) groups is 1. The number of hydrogen-bond acceptors (Lipinski definition) is 3. The number of aromatic nitrogens is 1. The lowest BCUT2D eigenvalue weighted by Gasteiger charge is -2.10. The molecule has 2 rings (SSSR count). The lowest BCUT2D eigenvalue weighted by atomic mass is 10.2. The summed E-state index contributed by atoms with van der Waals surface area (Å²) in [6.07, 6.45) is 1.45. The Hall–Kier alpha value is -1.88. The fourth-order valence-electron chi connectivity index (χ4n) is 1.40. The van der Waals surface area contributed by atoms with Gasteiger partial charge < -0.3 is 10.4 Å². The highest BCUT2D eigenvalue weighted by Crippen LogP contribution is 2.27. The first-order valence-corrected chi connectivity index (χ1v) is 5.67. The number of hydrogen-bond donors (Lipinski definition) is 2. The molecule has 0 saturated carbocycles. The third-order valence-corrected chi connectivity index (χ3v) is 2.78. The lowest BCUT2D eigenvalue weighted by molar-refractivity contribution is 0.0698. The van der Waals surface area contributed by atoms with Crippen molar-refractivity contribution < 1.29 is 9.90 Å². The molecule has 0 radical (unpaired) electrons. The van der Waals surface area contributed by atoms with Gasteiger partial charge in [0.1, 0.15) is 4.60 Å². The van der Waals surface area contributed by atoms with Gasteiger partial charge in [-0.15, -0.1) is 0 Å². The summed E-state index contributed by atoms with van der Waals surface area (Å²) in [6, 6.07) is 10.8. The quantitative estimate of drug-likeness (QED) is 0.852. The van der Waals surface area contributed by atoms with Crippen LogP contribution in [0.15, 0.2) is 47.2 Å². The van der Waals surface area contributed by atoms with E-state index in [4.69, 9.17) is 5.11 Å². The van der Waals surface area contributed by atoms with E-state index in [-0.39, 0.29) is 5.56 Å². The van der Waals surface area contributed by atoms with Gasteiger partial charge in [-0.2, -0.15) is 0 Å². The van der Waals surface area contributed by atoms with Crippen LogP contribution in [0.2, 0.25) is 0 Å². The van der Waals surface area contributed by atoms with Gasteiger partial charge in [0.2, 0.25) is 0 Å². The molecule has 2 aromatic rings. The molecular formula is C12H9BrN2O2. The first kappa shape index (κ1) is 11.6. The molecule has 0 bridgehead atoms. The number of rotatable bonds is 3. The van der Waals surface area contributed by atoms with Crippen molar-refractivity contribution in [1.29, 1.82) is 0 Å². The maximum absolute atomic E-state index is 11.1. The largest absolute Gasteiger partial charge is 0.478 e. The second-order valence-electron chi connectivity index (χ2n) is 3.32. The molecule has 0 fully saturated rings. The van der Waals surface area contributed by atoms with E-state index in [0.717, 1.165) is 5.69 Å². The molecule has 0 aliphatic carbocycles. The normalized spacial score (nSPS) is 9.94. The van der Waals surface area contributed by atoms with E-state index in [1.54, 1.807) is 0 Å². The molecule has 0 saturated heterocycles. The molecule has 2 N–H and O–H groups in total. The van der Waals surface area contributed by atoms with Crippen LogP contribution in [0, 0.1) is 0 Å². The van der Waals surface area contributed by atoms with E-state index in [9.17, 15) is 4.79 Å². The first-order chi connectivity index (χ1) is 8.18. The smallest absolute Gasteiger partial charge is 0.337 e. The number of benzene rings is 1. The molecular weight excluding hydrogens is 284 g/mol. The minimum atomic E-state index is -0.994. The van der Waals surface area contributed by atoms with Crippen molar-refractivity contribution >= 4 is 33.3 Å². The molecule has 0 spiro atoms. The van der Waals surface area contributed by atoms with Crippen molar-refractivity contribution in [3.63, 3.8) is 0 Å². The molecule has 0 amide bonds. The van der Waals surface area contributed by atoms with Crippen molar-refractivity contribution in [1.82, 2.24) is 4.98 Å². The zero-order chi connectivity index (χ0) is 12.3. The third kappa shape index (κ3) is 2.62. The standard InChI is InChI=1S/C12H9BrN2O2/c13-11-10(9(12(16)17)6-7-14-11)15-8-4-2-1-3-5-8/h1-7,15H,(H,16,17). The van der Waals surface area contributed by atoms with Crippen LogP contribution < -0.4 is 5.32 Å². The number of nitrogens with zero attached hydrogens (tertiary/aromatic N) is 1. The van der Waals surface area contributed by atoms with Gasteiger partial charge >= 0.3 is 5.97 Å². The lowest BCUT2D eigenvalue weighted by Crippen LogP contribution is -2.04. The van der Waals surface area contributed by atoms with E-state index in [2.05, 4.69) is 26.2 Å². The molecule has 0 aliphatic heterocycles. The van der Waals surface area contributed by atoms with Crippen LogP contribution in [0.1, 0.15) is 10.4 Å². The predicted octanol–water partition coefficient (Wildman–Crippen LogP) is 3.29. The maximum atomic E-state index is 11.1. The number of pyridine rings is 1. The van der Waals surface area contributed by atoms with Crippen LogP contribution in [0.3, 0.4) is 0 Å². The first-order valence-electron chi connectivity index (χ1n) is 4.88. The van der Waals surface area contributed by atoms with Gasteiger partial charge in [0.05, 0.1) is 11.3 Å². The molecule has 1 aromatic carbocycles. The average molecular weight is 293 g/mol. The molecule has 0 unspecified atom stereocenters. The van der Waals surface area contributed by atoms with E-state index in [1.165, 1.54) is 12.3 Å². The Morgan fingerprint density at radius 1 is 1.24 bits per heavy atom. The number of nitrogens with one attached hydrogen (secondary N) is 1. The van der Waals surface area contributed by atoms with Crippen molar-refractivity contribution in [3.8, 4) is 0 Å². The predicted molar refractivity (Wildman–Crippen MR) is 68.6 cm³/mol. The number of halogens is 1. The summed E-state index contributed by atoms with van der Waals surface area (Å²) < 4.78 is 0.473. The number of anilines is 2. The van der Waals surface area contributed by atoms with Crippen LogP contribution in [-0.4, -0.2) is 16.1 Å². The number of carboxylic acid groups (broad SMARTS) is 1. The summed E-state index contributed by atoms with van der Waals surface area (Å²) in [4.78, 5) is 15.1. The van der Waals surface area contributed by atoms with E-state index in [1.807, 2.05) is 30.3 Å². The van der Waals surface area contributed by atoms with E-state index < -0.39 is 5.97 Å². The molecule has 1 heterocycles. The fraction of sp³-hybridized carbons (Fsp3) is 0. The molecule has 0 aliphatic rings. The highest BCUT2D eigenvalue weighted by atomic mass is 79.9.